The summed E-state index contributed by atoms with van der Waals surface area (Å²) in [6, 6.07) is 0. The van der Waals surface area contributed by atoms with Crippen molar-refractivity contribution in [1.29, 1.82) is 0 Å². The fourth-order valence-electron chi connectivity index (χ4n) is 4.01. The Labute approximate surface area is 180 Å². The van der Waals surface area contributed by atoms with E-state index in [9.17, 15) is 4.79 Å². The molecule has 0 radical (unpaired) electrons. The summed E-state index contributed by atoms with van der Waals surface area (Å²) in [5, 5.41) is 0. The first kappa shape index (κ1) is 27.7. The van der Waals surface area contributed by atoms with Crippen LogP contribution in [0.3, 0.4) is 0 Å². The van der Waals surface area contributed by atoms with Gasteiger partial charge in [-0.25, -0.2) is 0 Å². The van der Waals surface area contributed by atoms with Gasteiger partial charge in [0.25, 0.3) is 0 Å². The molecule has 0 fully saturated rings. The van der Waals surface area contributed by atoms with Gasteiger partial charge < -0.3 is 0 Å². The summed E-state index contributed by atoms with van der Waals surface area (Å²) >= 11 is -2.27. The summed E-state index contributed by atoms with van der Waals surface area (Å²) in [6.07, 6.45) is 15.5. The Balaban J connectivity index is 5.74. The number of hydrogen-bond acceptors (Lipinski definition) is 2. The molecular weight excluding hydrogens is 451 g/mol. The number of unbranched alkanes of at least 4 members (excludes halogenated alkanes) is 4. The Morgan fingerprint density at radius 2 is 1.29 bits per heavy atom. The van der Waals surface area contributed by atoms with Gasteiger partial charge in [0.2, 0.25) is 0 Å². The molecule has 0 amide bonds. The van der Waals surface area contributed by atoms with Gasteiger partial charge in [-0.05, 0) is 0 Å². The molecule has 0 aliphatic rings. The summed E-state index contributed by atoms with van der Waals surface area (Å²) in [4.78, 5) is 12.0. The molecule has 0 rings (SSSR count). The number of rotatable bonds is 17. The first-order valence-electron chi connectivity index (χ1n) is 12.0. The van der Waals surface area contributed by atoms with Crippen LogP contribution in [0.2, 0.25) is 17.7 Å². The number of hydrogen-bond donors (Lipinski definition) is 0. The molecule has 0 bridgehead atoms. The molecule has 3 heteroatoms. The third-order valence-corrected chi connectivity index (χ3v) is 21.2. The van der Waals surface area contributed by atoms with E-state index in [1.807, 2.05) is 6.92 Å². The van der Waals surface area contributed by atoms with Gasteiger partial charge in [-0.2, -0.15) is 0 Å². The Morgan fingerprint density at radius 3 is 1.71 bits per heavy atom. The Morgan fingerprint density at radius 1 is 0.786 bits per heavy atom. The topological polar surface area (TPSA) is 26.3 Å². The molecule has 0 N–H and O–H groups in total. The van der Waals surface area contributed by atoms with Gasteiger partial charge in [0, 0.05) is 0 Å². The third kappa shape index (κ3) is 12.3. The van der Waals surface area contributed by atoms with Crippen molar-refractivity contribution in [2.24, 2.45) is 0 Å². The van der Waals surface area contributed by atoms with E-state index in [0.717, 1.165) is 6.42 Å². The molecule has 0 saturated carbocycles. The maximum atomic E-state index is 12.0. The van der Waals surface area contributed by atoms with E-state index in [1.165, 1.54) is 80.3 Å². The molecule has 0 aliphatic heterocycles. The Hall–Kier alpha value is -0.251. The maximum absolute atomic E-state index is 12.0. The molecule has 0 unspecified atom stereocenters. The fourth-order valence-corrected chi connectivity index (χ4v) is 20.6. The Kier molecular flexibility index (Phi) is 17.4. The van der Waals surface area contributed by atoms with Crippen LogP contribution in [0.15, 0.2) is 23.3 Å². The molecule has 0 saturated heterocycles. The summed E-state index contributed by atoms with van der Waals surface area (Å²) in [7, 11) is 0. The molecule has 0 aromatic rings. The van der Waals surface area contributed by atoms with Crippen LogP contribution >= 0.6 is 0 Å². The zero-order chi connectivity index (χ0) is 21.3. The number of esters is 1. The summed E-state index contributed by atoms with van der Waals surface area (Å²) < 4.78 is 11.0. The number of carbonyl (C=O) groups is 1. The molecule has 2 nitrogen and oxygen atoms in total. The summed E-state index contributed by atoms with van der Waals surface area (Å²) in [5.74, 6) is -0.195. The monoisotopic (exact) mass is 500 g/mol. The first-order valence-corrected chi connectivity index (χ1v) is 20.1. The van der Waals surface area contributed by atoms with E-state index in [4.69, 9.17) is 4.74 Å². The van der Waals surface area contributed by atoms with Crippen molar-refractivity contribution in [2.75, 3.05) is 6.61 Å². The van der Waals surface area contributed by atoms with E-state index in [2.05, 4.69) is 40.7 Å². The Bertz CT molecular complexity index is 443. The standard InChI is InChI=1S/C13H21O2.3C4H9.Sn/c1-5-7-8-11(3)12(4)9-10-13(14)15-6-2;3*1-3-4-2;/h9-10H,4-8H2,1-3H3;3*1,3-4H2,2H3;/b10-9-,12-11+;;;;. The van der Waals surface area contributed by atoms with Crippen LogP contribution in [0.4, 0.5) is 0 Å². The number of ether oxygens (including phenoxy) is 1. The molecule has 164 valence electrons. The summed E-state index contributed by atoms with van der Waals surface area (Å²) in [5.41, 5.74) is 2.98. The van der Waals surface area contributed by atoms with Crippen molar-refractivity contribution in [3.8, 4) is 0 Å². The fraction of sp³-hybridized carbons (Fsp3) is 0.800. The quantitative estimate of drug-likeness (QED) is 0.0869. The van der Waals surface area contributed by atoms with E-state index in [-0.39, 0.29) is 5.97 Å². The molecule has 0 atom stereocenters. The molecule has 0 aromatic heterocycles. The predicted molar refractivity (Wildman–Crippen MR) is 128 cm³/mol. The van der Waals surface area contributed by atoms with Crippen LogP contribution in [-0.2, 0) is 9.53 Å². The average Bonchev–Trinajstić information content (AvgIpc) is 2.70. The molecule has 28 heavy (non-hydrogen) atoms. The van der Waals surface area contributed by atoms with Crippen LogP contribution in [0.1, 0.15) is 99.3 Å². The normalized spacial score (nSPS) is 13.1. The van der Waals surface area contributed by atoms with Crippen LogP contribution in [-0.4, -0.2) is 31.0 Å². The van der Waals surface area contributed by atoms with Crippen molar-refractivity contribution < 1.29 is 9.53 Å². The molecule has 0 heterocycles. The van der Waals surface area contributed by atoms with E-state index in [1.54, 1.807) is 6.08 Å². The van der Waals surface area contributed by atoms with Crippen molar-refractivity contribution >= 4 is 24.3 Å². The summed E-state index contributed by atoms with van der Waals surface area (Å²) in [6.45, 7) is 13.9. The van der Waals surface area contributed by atoms with Gasteiger partial charge in [0.1, 0.15) is 0 Å². The number of allylic oxidation sites excluding steroid dienone is 3. The zero-order valence-corrected chi connectivity index (χ0v) is 22.7. The second-order valence-electron chi connectivity index (χ2n) is 8.48. The van der Waals surface area contributed by atoms with Gasteiger partial charge in [0.05, 0.1) is 0 Å². The minimum absolute atomic E-state index is 0.195. The average molecular weight is 499 g/mol. The SMILES string of the molecule is CCCC/C(C)=C(/C=C\C(=O)OCC)[CH2][Sn]([CH2]CCC)([CH2]CCC)[CH2]CCC. The van der Waals surface area contributed by atoms with Gasteiger partial charge in [-0.3, -0.25) is 0 Å². The van der Waals surface area contributed by atoms with Gasteiger partial charge in [0.15, 0.2) is 0 Å². The zero-order valence-electron chi connectivity index (χ0n) is 19.9. The third-order valence-electron chi connectivity index (χ3n) is 5.91. The van der Waals surface area contributed by atoms with E-state index < -0.39 is 18.4 Å². The van der Waals surface area contributed by atoms with Gasteiger partial charge in [-0.15, -0.1) is 0 Å². The van der Waals surface area contributed by atoms with Crippen LogP contribution < -0.4 is 0 Å². The van der Waals surface area contributed by atoms with Crippen molar-refractivity contribution in [3.05, 3.63) is 23.3 Å². The number of carbonyl (C=O) groups excluding carboxylic acids is 1. The van der Waals surface area contributed by atoms with Crippen molar-refractivity contribution in [3.63, 3.8) is 0 Å². The van der Waals surface area contributed by atoms with Gasteiger partial charge >= 0.3 is 181 Å². The second-order valence-corrected chi connectivity index (χ2v) is 22.3. The van der Waals surface area contributed by atoms with Gasteiger partial charge in [-0.1, -0.05) is 0 Å². The molecule has 0 spiro atoms. The van der Waals surface area contributed by atoms with E-state index >= 15 is 0 Å². The molecule has 0 aliphatic carbocycles. The first-order chi connectivity index (χ1) is 13.5. The van der Waals surface area contributed by atoms with Crippen LogP contribution in [0, 0.1) is 0 Å². The van der Waals surface area contributed by atoms with Crippen LogP contribution in [0.5, 0.6) is 0 Å². The molecule has 0 aromatic carbocycles. The minimum atomic E-state index is -2.27. The van der Waals surface area contributed by atoms with Crippen LogP contribution in [0.25, 0.3) is 0 Å². The van der Waals surface area contributed by atoms with E-state index in [0.29, 0.717) is 6.61 Å². The molecular formula is C25H48O2Sn. The second kappa shape index (κ2) is 17.6. The van der Waals surface area contributed by atoms with Crippen molar-refractivity contribution in [2.45, 2.75) is 117 Å². The van der Waals surface area contributed by atoms with Crippen molar-refractivity contribution in [1.82, 2.24) is 0 Å². The predicted octanol–water partition coefficient (Wildman–Crippen LogP) is 8.46.